The molecule has 0 heterocycles. The Kier molecular flexibility index (Phi) is 6.88. The highest BCUT2D eigenvalue weighted by molar-refractivity contribution is 5.94. The largest absolute Gasteiger partial charge is 0.352 e. The molecule has 5 nitrogen and oxygen atoms in total. The molecule has 1 atom stereocenters. The third kappa shape index (κ3) is 4.86. The van der Waals surface area contributed by atoms with Gasteiger partial charge < -0.3 is 16.0 Å². The van der Waals surface area contributed by atoms with E-state index in [0.717, 1.165) is 5.56 Å². The number of hydrogen-bond donors (Lipinski definition) is 2. The molecular formula is C16H25N3O2. The summed E-state index contributed by atoms with van der Waals surface area (Å²) in [5, 5.41) is 2.83. The zero-order chi connectivity index (χ0) is 15.8. The van der Waals surface area contributed by atoms with Gasteiger partial charge >= 0.3 is 0 Å². The molecule has 1 aromatic carbocycles. The number of hydrogen-bond acceptors (Lipinski definition) is 3. The van der Waals surface area contributed by atoms with Gasteiger partial charge in [-0.15, -0.1) is 0 Å². The summed E-state index contributed by atoms with van der Waals surface area (Å²) >= 11 is 0. The van der Waals surface area contributed by atoms with Crippen LogP contribution in [0.5, 0.6) is 0 Å². The minimum Gasteiger partial charge on any atom is -0.352 e. The van der Waals surface area contributed by atoms with E-state index in [0.29, 0.717) is 31.7 Å². The summed E-state index contributed by atoms with van der Waals surface area (Å²) in [6, 6.07) is 7.33. The number of benzene rings is 1. The summed E-state index contributed by atoms with van der Waals surface area (Å²) < 4.78 is 0. The van der Waals surface area contributed by atoms with Gasteiger partial charge in [-0.2, -0.15) is 0 Å². The molecule has 5 heteroatoms. The molecule has 116 valence electrons. The fourth-order valence-electron chi connectivity index (χ4n) is 1.93. The number of rotatable bonds is 7. The minimum atomic E-state index is -0.187. The van der Waals surface area contributed by atoms with Crippen molar-refractivity contribution in [2.24, 2.45) is 11.7 Å². The Morgan fingerprint density at radius 1 is 1.19 bits per heavy atom. The molecule has 1 rings (SSSR count). The third-order valence-electron chi connectivity index (χ3n) is 3.52. The predicted molar refractivity (Wildman–Crippen MR) is 83.8 cm³/mol. The predicted octanol–water partition coefficient (Wildman–Crippen LogP) is 1.38. The molecule has 0 aliphatic carbocycles. The highest BCUT2D eigenvalue weighted by atomic mass is 16.2. The topological polar surface area (TPSA) is 75.4 Å². The molecule has 0 bridgehead atoms. The van der Waals surface area contributed by atoms with Crippen LogP contribution in [-0.4, -0.2) is 36.3 Å². The van der Waals surface area contributed by atoms with Crippen LogP contribution in [0.25, 0.3) is 0 Å². The van der Waals surface area contributed by atoms with Crippen molar-refractivity contribution in [1.82, 2.24) is 10.2 Å². The molecule has 2 amide bonds. The second kappa shape index (κ2) is 8.42. The van der Waals surface area contributed by atoms with Gasteiger partial charge in [-0.3, -0.25) is 9.59 Å². The standard InChI is InChI=1S/C16H25N3O2/c1-4-19(5-2)16(21)14-8-6-13(7-9-14)11-18-15(20)12(3)10-17/h6-9,12H,4-5,10-11,17H2,1-3H3,(H,18,20). The molecule has 1 aromatic rings. The Bertz CT molecular complexity index is 467. The minimum absolute atomic E-state index is 0.0346. The number of amides is 2. The third-order valence-corrected chi connectivity index (χ3v) is 3.52. The highest BCUT2D eigenvalue weighted by Gasteiger charge is 2.13. The Morgan fingerprint density at radius 3 is 2.24 bits per heavy atom. The van der Waals surface area contributed by atoms with Crippen molar-refractivity contribution in [2.45, 2.75) is 27.3 Å². The average molecular weight is 291 g/mol. The molecule has 3 N–H and O–H groups in total. The van der Waals surface area contributed by atoms with Crippen molar-refractivity contribution in [2.75, 3.05) is 19.6 Å². The number of nitrogens with zero attached hydrogens (tertiary/aromatic N) is 1. The van der Waals surface area contributed by atoms with Crippen molar-refractivity contribution < 1.29 is 9.59 Å². The number of nitrogens with one attached hydrogen (secondary N) is 1. The highest BCUT2D eigenvalue weighted by Crippen LogP contribution is 2.08. The monoisotopic (exact) mass is 291 g/mol. The summed E-state index contributed by atoms with van der Waals surface area (Å²) in [4.78, 5) is 25.6. The van der Waals surface area contributed by atoms with Gasteiger partial charge in [0.15, 0.2) is 0 Å². The van der Waals surface area contributed by atoms with Crippen molar-refractivity contribution in [3.8, 4) is 0 Å². The maximum atomic E-state index is 12.2. The van der Waals surface area contributed by atoms with Gasteiger partial charge in [0.1, 0.15) is 0 Å². The quantitative estimate of drug-likeness (QED) is 0.797. The van der Waals surface area contributed by atoms with Gasteiger partial charge in [0.25, 0.3) is 5.91 Å². The number of carbonyl (C=O) groups excluding carboxylic acids is 2. The van der Waals surface area contributed by atoms with Crippen LogP contribution >= 0.6 is 0 Å². The van der Waals surface area contributed by atoms with Crippen molar-refractivity contribution in [3.05, 3.63) is 35.4 Å². The van der Waals surface area contributed by atoms with Crippen molar-refractivity contribution >= 4 is 11.8 Å². The first-order valence-corrected chi connectivity index (χ1v) is 7.39. The SMILES string of the molecule is CCN(CC)C(=O)c1ccc(CNC(=O)C(C)CN)cc1. The maximum Gasteiger partial charge on any atom is 0.253 e. The fourth-order valence-corrected chi connectivity index (χ4v) is 1.93. The van der Waals surface area contributed by atoms with Crippen molar-refractivity contribution in [3.63, 3.8) is 0 Å². The van der Waals surface area contributed by atoms with Crippen LogP contribution in [0.4, 0.5) is 0 Å². The summed E-state index contributed by atoms with van der Waals surface area (Å²) in [5.74, 6) is -0.207. The van der Waals surface area contributed by atoms with Gasteiger partial charge in [-0.25, -0.2) is 0 Å². The van der Waals surface area contributed by atoms with Crippen LogP contribution in [0.15, 0.2) is 24.3 Å². The van der Waals surface area contributed by atoms with Gasteiger partial charge in [-0.05, 0) is 31.5 Å². The van der Waals surface area contributed by atoms with E-state index in [2.05, 4.69) is 5.32 Å². The molecule has 0 radical (unpaired) electrons. The zero-order valence-electron chi connectivity index (χ0n) is 13.1. The van der Waals surface area contributed by atoms with Gasteiger partial charge in [0.2, 0.25) is 5.91 Å². The van der Waals surface area contributed by atoms with Crippen LogP contribution in [0, 0.1) is 5.92 Å². The van der Waals surface area contributed by atoms with E-state index >= 15 is 0 Å². The maximum absolute atomic E-state index is 12.2. The summed E-state index contributed by atoms with van der Waals surface area (Å²) in [6.45, 7) is 7.90. The normalized spacial score (nSPS) is 11.8. The molecule has 0 fully saturated rings. The first kappa shape index (κ1) is 17.2. The van der Waals surface area contributed by atoms with Crippen molar-refractivity contribution in [1.29, 1.82) is 0 Å². The Balaban J connectivity index is 2.62. The lowest BCUT2D eigenvalue weighted by Crippen LogP contribution is -2.32. The Hall–Kier alpha value is -1.88. The van der Waals surface area contributed by atoms with Crippen LogP contribution in [0.1, 0.15) is 36.7 Å². The summed E-state index contributed by atoms with van der Waals surface area (Å²) in [7, 11) is 0. The first-order valence-electron chi connectivity index (χ1n) is 7.39. The Morgan fingerprint density at radius 2 is 1.76 bits per heavy atom. The van der Waals surface area contributed by atoms with Gasteiger partial charge in [0.05, 0.1) is 0 Å². The molecule has 0 spiro atoms. The van der Waals surface area contributed by atoms with E-state index in [1.807, 2.05) is 26.0 Å². The van der Waals surface area contributed by atoms with E-state index in [1.54, 1.807) is 24.0 Å². The average Bonchev–Trinajstić information content (AvgIpc) is 2.53. The molecule has 0 aliphatic heterocycles. The molecular weight excluding hydrogens is 266 g/mol. The number of nitrogens with two attached hydrogens (primary N) is 1. The van der Waals surface area contributed by atoms with Gasteiger partial charge in [0, 0.05) is 37.7 Å². The number of carbonyl (C=O) groups is 2. The second-order valence-corrected chi connectivity index (χ2v) is 5.03. The van der Waals surface area contributed by atoms with E-state index in [-0.39, 0.29) is 17.7 Å². The van der Waals surface area contributed by atoms with E-state index in [9.17, 15) is 9.59 Å². The smallest absolute Gasteiger partial charge is 0.253 e. The van der Waals surface area contributed by atoms with Crippen LogP contribution in [-0.2, 0) is 11.3 Å². The summed E-state index contributed by atoms with van der Waals surface area (Å²) in [6.07, 6.45) is 0. The fraction of sp³-hybridized carbons (Fsp3) is 0.500. The van der Waals surface area contributed by atoms with Gasteiger partial charge in [-0.1, -0.05) is 19.1 Å². The van der Waals surface area contributed by atoms with E-state index in [4.69, 9.17) is 5.73 Å². The summed E-state index contributed by atoms with van der Waals surface area (Å²) in [5.41, 5.74) is 7.08. The Labute approximate surface area is 126 Å². The van der Waals surface area contributed by atoms with Crippen LogP contribution < -0.4 is 11.1 Å². The van der Waals surface area contributed by atoms with E-state index < -0.39 is 0 Å². The first-order chi connectivity index (χ1) is 10.0. The van der Waals surface area contributed by atoms with Crippen LogP contribution in [0.3, 0.4) is 0 Å². The lowest BCUT2D eigenvalue weighted by Gasteiger charge is -2.18. The molecule has 1 unspecified atom stereocenters. The molecule has 21 heavy (non-hydrogen) atoms. The van der Waals surface area contributed by atoms with Crippen LogP contribution in [0.2, 0.25) is 0 Å². The molecule has 0 aliphatic rings. The lowest BCUT2D eigenvalue weighted by molar-refractivity contribution is -0.124. The molecule has 0 aromatic heterocycles. The molecule has 0 saturated heterocycles. The van der Waals surface area contributed by atoms with E-state index in [1.165, 1.54) is 0 Å². The second-order valence-electron chi connectivity index (χ2n) is 5.03. The zero-order valence-corrected chi connectivity index (χ0v) is 13.1. The lowest BCUT2D eigenvalue weighted by atomic mass is 10.1. The molecule has 0 saturated carbocycles.